The maximum absolute atomic E-state index is 13.8. The molecule has 1 aliphatic rings. The third kappa shape index (κ3) is 4.12. The number of hydrogen-bond donors (Lipinski definition) is 0. The second kappa shape index (κ2) is 7.92. The second-order valence-electron chi connectivity index (χ2n) is 6.09. The Bertz CT molecular complexity index is 941. The largest absolute Gasteiger partial charge is 0.340 e. The molecule has 0 bridgehead atoms. The van der Waals surface area contributed by atoms with Gasteiger partial charge in [0.05, 0.1) is 6.42 Å². The van der Waals surface area contributed by atoms with E-state index >= 15 is 0 Å². The average Bonchev–Trinajstić information content (AvgIpc) is 2.65. The van der Waals surface area contributed by atoms with Crippen molar-refractivity contribution in [2.45, 2.75) is 11.3 Å². The molecule has 144 valence electrons. The zero-order chi connectivity index (χ0) is 19.6. The lowest BCUT2D eigenvalue weighted by molar-refractivity contribution is -0.131. The number of nitrogens with zero attached hydrogens (tertiary/aromatic N) is 2. The molecule has 9 heteroatoms. The third-order valence-electron chi connectivity index (χ3n) is 4.44. The third-order valence-corrected chi connectivity index (χ3v) is 6.72. The summed E-state index contributed by atoms with van der Waals surface area (Å²) in [6.07, 6.45) is -0.203. The SMILES string of the molecule is O=C(Cc1c(F)cccc1Cl)N1CCN(S(=O)(=O)c2ccccc2F)CC1. The van der Waals surface area contributed by atoms with Crippen LogP contribution in [0.5, 0.6) is 0 Å². The van der Waals surface area contributed by atoms with Crippen molar-refractivity contribution in [2.75, 3.05) is 26.2 Å². The highest BCUT2D eigenvalue weighted by atomic mass is 35.5. The standard InChI is InChI=1S/C18H17ClF2N2O3S/c19-14-4-3-6-15(20)13(14)12-18(24)22-8-10-23(11-9-22)27(25,26)17-7-2-1-5-16(17)21/h1-7H,8-12H2. The number of amides is 1. The minimum atomic E-state index is -3.97. The summed E-state index contributed by atoms with van der Waals surface area (Å²) < 4.78 is 54.0. The molecule has 0 atom stereocenters. The van der Waals surface area contributed by atoms with Crippen LogP contribution in [0.15, 0.2) is 47.4 Å². The first-order chi connectivity index (χ1) is 12.8. The Hall–Kier alpha value is -2.03. The van der Waals surface area contributed by atoms with Crippen LogP contribution >= 0.6 is 11.6 Å². The molecule has 1 amide bonds. The number of carbonyl (C=O) groups excluding carboxylic acids is 1. The van der Waals surface area contributed by atoms with E-state index in [-0.39, 0.29) is 54.0 Å². The quantitative estimate of drug-likeness (QED) is 0.773. The fourth-order valence-corrected chi connectivity index (χ4v) is 4.65. The smallest absolute Gasteiger partial charge is 0.246 e. The van der Waals surface area contributed by atoms with Gasteiger partial charge in [0.1, 0.15) is 16.5 Å². The fraction of sp³-hybridized carbons (Fsp3) is 0.278. The van der Waals surface area contributed by atoms with Gasteiger partial charge in [-0.3, -0.25) is 4.79 Å². The van der Waals surface area contributed by atoms with Crippen molar-refractivity contribution in [3.05, 3.63) is 64.7 Å². The van der Waals surface area contributed by atoms with Crippen molar-refractivity contribution in [1.29, 1.82) is 0 Å². The molecular formula is C18H17ClF2N2O3S. The minimum absolute atomic E-state index is 0.0351. The average molecular weight is 415 g/mol. The predicted octanol–water partition coefficient (Wildman–Crippen LogP) is 2.69. The van der Waals surface area contributed by atoms with Crippen molar-refractivity contribution in [3.8, 4) is 0 Å². The molecule has 3 rings (SSSR count). The normalized spacial score (nSPS) is 15.7. The monoisotopic (exact) mass is 414 g/mol. The maximum atomic E-state index is 13.8. The summed E-state index contributed by atoms with van der Waals surface area (Å²) in [5.41, 5.74) is 0.116. The minimum Gasteiger partial charge on any atom is -0.340 e. The molecule has 1 fully saturated rings. The van der Waals surface area contributed by atoms with Crippen LogP contribution in [-0.2, 0) is 21.2 Å². The highest BCUT2D eigenvalue weighted by Gasteiger charge is 2.32. The van der Waals surface area contributed by atoms with Gasteiger partial charge in [0.2, 0.25) is 15.9 Å². The Morgan fingerprint density at radius 2 is 1.59 bits per heavy atom. The summed E-state index contributed by atoms with van der Waals surface area (Å²) in [6, 6.07) is 9.36. The maximum Gasteiger partial charge on any atom is 0.246 e. The summed E-state index contributed by atoms with van der Waals surface area (Å²) >= 11 is 5.94. The highest BCUT2D eigenvalue weighted by Crippen LogP contribution is 2.22. The predicted molar refractivity (Wildman–Crippen MR) is 96.9 cm³/mol. The summed E-state index contributed by atoms with van der Waals surface area (Å²) in [6.45, 7) is 0.345. The van der Waals surface area contributed by atoms with E-state index in [1.54, 1.807) is 0 Å². The van der Waals surface area contributed by atoms with Crippen molar-refractivity contribution < 1.29 is 22.0 Å². The van der Waals surface area contributed by atoms with Gasteiger partial charge in [-0.05, 0) is 24.3 Å². The topological polar surface area (TPSA) is 57.7 Å². The van der Waals surface area contributed by atoms with Crippen molar-refractivity contribution >= 4 is 27.5 Å². The molecule has 0 unspecified atom stereocenters. The highest BCUT2D eigenvalue weighted by molar-refractivity contribution is 7.89. The van der Waals surface area contributed by atoms with E-state index in [1.165, 1.54) is 41.3 Å². The van der Waals surface area contributed by atoms with Crippen LogP contribution < -0.4 is 0 Å². The van der Waals surface area contributed by atoms with E-state index in [0.29, 0.717) is 0 Å². The lowest BCUT2D eigenvalue weighted by Crippen LogP contribution is -2.51. The molecule has 0 aliphatic carbocycles. The Morgan fingerprint density at radius 1 is 0.963 bits per heavy atom. The lowest BCUT2D eigenvalue weighted by atomic mass is 10.1. The molecule has 1 aliphatic heterocycles. The lowest BCUT2D eigenvalue weighted by Gasteiger charge is -2.34. The number of sulfonamides is 1. The molecule has 0 N–H and O–H groups in total. The fourth-order valence-electron chi connectivity index (χ4n) is 2.94. The van der Waals surface area contributed by atoms with Gasteiger partial charge in [-0.2, -0.15) is 4.31 Å². The van der Waals surface area contributed by atoms with Crippen LogP contribution in [0, 0.1) is 11.6 Å². The number of piperazine rings is 1. The van der Waals surface area contributed by atoms with Gasteiger partial charge in [0.25, 0.3) is 0 Å². The van der Waals surface area contributed by atoms with E-state index in [2.05, 4.69) is 0 Å². The summed E-state index contributed by atoms with van der Waals surface area (Å²) in [7, 11) is -3.97. The van der Waals surface area contributed by atoms with Crippen molar-refractivity contribution in [3.63, 3.8) is 0 Å². The molecule has 0 aromatic heterocycles. The van der Waals surface area contributed by atoms with E-state index in [1.807, 2.05) is 0 Å². The molecule has 5 nitrogen and oxygen atoms in total. The molecule has 1 heterocycles. The first-order valence-electron chi connectivity index (χ1n) is 8.26. The van der Waals surface area contributed by atoms with Crippen LogP contribution in [0.25, 0.3) is 0 Å². The zero-order valence-electron chi connectivity index (χ0n) is 14.2. The van der Waals surface area contributed by atoms with Crippen LogP contribution in [0.3, 0.4) is 0 Å². The number of rotatable bonds is 4. The second-order valence-corrected chi connectivity index (χ2v) is 8.41. The van der Waals surface area contributed by atoms with E-state index < -0.39 is 21.7 Å². The Morgan fingerprint density at radius 3 is 2.22 bits per heavy atom. The summed E-state index contributed by atoms with van der Waals surface area (Å²) in [4.78, 5) is 13.5. The van der Waals surface area contributed by atoms with Gasteiger partial charge in [-0.25, -0.2) is 17.2 Å². The summed E-state index contributed by atoms with van der Waals surface area (Å²) in [5.74, 6) is -1.72. The summed E-state index contributed by atoms with van der Waals surface area (Å²) in [5, 5.41) is 0.170. The number of halogens is 3. The Labute approximate surface area is 161 Å². The van der Waals surface area contributed by atoms with E-state index in [4.69, 9.17) is 11.6 Å². The van der Waals surface area contributed by atoms with Gasteiger partial charge in [-0.1, -0.05) is 29.8 Å². The molecule has 2 aromatic rings. The first kappa shape index (κ1) is 19.7. The van der Waals surface area contributed by atoms with Crippen molar-refractivity contribution in [1.82, 2.24) is 9.21 Å². The molecular weight excluding hydrogens is 398 g/mol. The van der Waals surface area contributed by atoms with E-state index in [9.17, 15) is 22.0 Å². The zero-order valence-corrected chi connectivity index (χ0v) is 15.8. The van der Waals surface area contributed by atoms with Crippen LogP contribution in [0.4, 0.5) is 8.78 Å². The molecule has 0 spiro atoms. The molecule has 0 saturated carbocycles. The molecule has 27 heavy (non-hydrogen) atoms. The Kier molecular flexibility index (Phi) is 5.78. The number of benzene rings is 2. The van der Waals surface area contributed by atoms with Crippen molar-refractivity contribution in [2.24, 2.45) is 0 Å². The van der Waals surface area contributed by atoms with Crippen LogP contribution in [0.1, 0.15) is 5.56 Å². The van der Waals surface area contributed by atoms with Gasteiger partial charge in [0, 0.05) is 36.8 Å². The van der Waals surface area contributed by atoms with Gasteiger partial charge in [-0.15, -0.1) is 0 Å². The van der Waals surface area contributed by atoms with Crippen LogP contribution in [-0.4, -0.2) is 49.7 Å². The van der Waals surface area contributed by atoms with E-state index in [0.717, 1.165) is 10.4 Å². The van der Waals surface area contributed by atoms with Gasteiger partial charge >= 0.3 is 0 Å². The number of hydrogen-bond acceptors (Lipinski definition) is 3. The number of carbonyl (C=O) groups is 1. The Balaban J connectivity index is 1.67. The first-order valence-corrected chi connectivity index (χ1v) is 10.1. The van der Waals surface area contributed by atoms with Gasteiger partial charge in [0.15, 0.2) is 0 Å². The van der Waals surface area contributed by atoms with Crippen LogP contribution in [0.2, 0.25) is 5.02 Å². The van der Waals surface area contributed by atoms with Gasteiger partial charge < -0.3 is 4.90 Å². The molecule has 0 radical (unpaired) electrons. The molecule has 1 saturated heterocycles. The molecule has 2 aromatic carbocycles.